The van der Waals surface area contributed by atoms with Gasteiger partial charge in [-0.2, -0.15) is 0 Å². The van der Waals surface area contributed by atoms with Crippen molar-refractivity contribution < 1.29 is 0 Å². The van der Waals surface area contributed by atoms with Crippen LogP contribution in [0.3, 0.4) is 0 Å². The van der Waals surface area contributed by atoms with Crippen molar-refractivity contribution in [2.45, 2.75) is 25.7 Å². The van der Waals surface area contributed by atoms with Gasteiger partial charge in [0.05, 0.1) is 5.41 Å². The average molecular weight is 666 g/mol. The average Bonchev–Trinajstić information content (AvgIpc) is 3.66. The Bertz CT molecular complexity index is 2700. The molecule has 0 saturated carbocycles. The Morgan fingerprint density at radius 1 is 0.481 bits per heavy atom. The summed E-state index contributed by atoms with van der Waals surface area (Å²) in [5.41, 5.74) is 12.9. The van der Waals surface area contributed by atoms with Gasteiger partial charge in [0.15, 0.2) is 17.5 Å². The fourth-order valence-electron chi connectivity index (χ4n) is 8.92. The Hall–Kier alpha value is -6.45. The van der Waals surface area contributed by atoms with Crippen LogP contribution in [0, 0.1) is 0 Å². The highest BCUT2D eigenvalue weighted by Gasteiger charge is 2.53. The normalized spacial score (nSPS) is 17.3. The molecular formula is C49H35N3. The summed E-state index contributed by atoms with van der Waals surface area (Å²) in [6, 6.07) is 54.4. The van der Waals surface area contributed by atoms with Gasteiger partial charge in [-0.25, -0.2) is 15.0 Å². The van der Waals surface area contributed by atoms with Crippen LogP contribution in [0.25, 0.3) is 72.4 Å². The summed E-state index contributed by atoms with van der Waals surface area (Å²) in [4.78, 5) is 15.8. The van der Waals surface area contributed by atoms with E-state index in [2.05, 4.69) is 178 Å². The first-order chi connectivity index (χ1) is 25.7. The van der Waals surface area contributed by atoms with Crippen molar-refractivity contribution in [3.63, 3.8) is 0 Å². The van der Waals surface area contributed by atoms with Gasteiger partial charge < -0.3 is 0 Å². The molecule has 0 amide bonds. The minimum atomic E-state index is -0.446. The Kier molecular flexibility index (Phi) is 6.91. The van der Waals surface area contributed by atoms with E-state index in [1.54, 1.807) is 0 Å². The summed E-state index contributed by atoms with van der Waals surface area (Å²) in [6.45, 7) is 4.42. The van der Waals surface area contributed by atoms with Crippen molar-refractivity contribution in [3.05, 3.63) is 192 Å². The molecule has 0 bridgehead atoms. The van der Waals surface area contributed by atoms with Crippen LogP contribution in [-0.4, -0.2) is 15.0 Å². The second-order valence-electron chi connectivity index (χ2n) is 13.7. The number of allylic oxidation sites excluding steroid dienone is 4. The van der Waals surface area contributed by atoms with Gasteiger partial charge in [-0.15, -0.1) is 0 Å². The zero-order valence-corrected chi connectivity index (χ0v) is 29.1. The van der Waals surface area contributed by atoms with E-state index in [0.29, 0.717) is 17.5 Å². The minimum absolute atomic E-state index is 0.446. The second kappa shape index (κ2) is 11.8. The Morgan fingerprint density at radius 3 is 1.62 bits per heavy atom. The molecule has 0 saturated heterocycles. The summed E-state index contributed by atoms with van der Waals surface area (Å²) in [6.07, 6.45) is 5.69. The Morgan fingerprint density at radius 2 is 0.981 bits per heavy atom. The molecule has 1 atom stereocenters. The SMILES string of the molecule is C/C=C1\C(=C/CC)c2ccccc2C12c1ccccc1-c1ccc(-c3nc(-c4cccc5ccccc45)nc(-c4cccc5ccccc45)n3)cc12. The molecule has 0 aliphatic heterocycles. The molecule has 1 aromatic heterocycles. The van der Waals surface area contributed by atoms with E-state index in [0.717, 1.165) is 44.7 Å². The largest absolute Gasteiger partial charge is 0.208 e. The lowest BCUT2D eigenvalue weighted by atomic mass is 9.70. The quantitative estimate of drug-likeness (QED) is 0.188. The predicted octanol–water partition coefficient (Wildman–Crippen LogP) is 12.2. The maximum Gasteiger partial charge on any atom is 0.164 e. The minimum Gasteiger partial charge on any atom is -0.208 e. The molecule has 0 fully saturated rings. The molecular weight excluding hydrogens is 631 g/mol. The highest BCUT2D eigenvalue weighted by atomic mass is 15.0. The van der Waals surface area contributed by atoms with Crippen LogP contribution in [0.2, 0.25) is 0 Å². The maximum absolute atomic E-state index is 5.30. The number of nitrogens with zero attached hydrogens (tertiary/aromatic N) is 3. The topological polar surface area (TPSA) is 38.7 Å². The summed E-state index contributed by atoms with van der Waals surface area (Å²) >= 11 is 0. The number of benzene rings is 7. The zero-order chi connectivity index (χ0) is 34.8. The number of hydrogen-bond donors (Lipinski definition) is 0. The smallest absolute Gasteiger partial charge is 0.164 e. The van der Waals surface area contributed by atoms with Crippen molar-refractivity contribution in [1.29, 1.82) is 0 Å². The van der Waals surface area contributed by atoms with Crippen molar-refractivity contribution in [1.82, 2.24) is 15.0 Å². The lowest BCUT2D eigenvalue weighted by molar-refractivity contribution is 0.792. The third-order valence-corrected chi connectivity index (χ3v) is 11.0. The summed E-state index contributed by atoms with van der Waals surface area (Å²) in [5.74, 6) is 1.99. The monoisotopic (exact) mass is 665 g/mol. The molecule has 246 valence electrons. The van der Waals surface area contributed by atoms with Crippen LogP contribution in [0.1, 0.15) is 42.5 Å². The van der Waals surface area contributed by atoms with E-state index in [9.17, 15) is 0 Å². The molecule has 52 heavy (non-hydrogen) atoms. The molecule has 10 rings (SSSR count). The molecule has 0 radical (unpaired) electrons. The van der Waals surface area contributed by atoms with E-state index < -0.39 is 5.41 Å². The van der Waals surface area contributed by atoms with Gasteiger partial charge >= 0.3 is 0 Å². The number of rotatable bonds is 4. The summed E-state index contributed by atoms with van der Waals surface area (Å²) < 4.78 is 0. The third kappa shape index (κ3) is 4.29. The molecule has 8 aromatic rings. The van der Waals surface area contributed by atoms with E-state index in [1.165, 1.54) is 44.5 Å². The van der Waals surface area contributed by atoms with Crippen LogP contribution in [0.15, 0.2) is 169 Å². The van der Waals surface area contributed by atoms with E-state index in [-0.39, 0.29) is 0 Å². The third-order valence-electron chi connectivity index (χ3n) is 11.0. The van der Waals surface area contributed by atoms with Gasteiger partial charge in [0, 0.05) is 16.7 Å². The molecule has 1 heterocycles. The standard InChI is InChI=1S/C49H35N3/c1-3-15-36-37-22-9-11-26-43(37)49(42(36)4-2)44-27-12-10-23-38(44)39-29-28-33(30-45(39)49)46-50-47(40-24-13-18-31-16-5-7-20-34(31)40)52-48(51-46)41-25-14-19-32-17-6-8-21-35(32)41/h4-30H,3H2,1-2H3/b36-15-,42-4+. The van der Waals surface area contributed by atoms with Crippen molar-refractivity contribution in [2.75, 3.05) is 0 Å². The molecule has 0 N–H and O–H groups in total. The lowest BCUT2D eigenvalue weighted by Gasteiger charge is -2.31. The molecule has 1 spiro atoms. The first kappa shape index (κ1) is 30.4. The van der Waals surface area contributed by atoms with E-state index >= 15 is 0 Å². The lowest BCUT2D eigenvalue weighted by Crippen LogP contribution is -2.26. The summed E-state index contributed by atoms with van der Waals surface area (Å²) in [5, 5.41) is 4.54. The highest BCUT2D eigenvalue weighted by molar-refractivity contribution is 6.01. The van der Waals surface area contributed by atoms with E-state index in [1.807, 2.05) is 0 Å². The van der Waals surface area contributed by atoms with Crippen LogP contribution >= 0.6 is 0 Å². The number of fused-ring (bicyclic) bond motifs is 9. The number of aromatic nitrogens is 3. The molecule has 7 aromatic carbocycles. The zero-order valence-electron chi connectivity index (χ0n) is 29.1. The predicted molar refractivity (Wildman–Crippen MR) is 215 cm³/mol. The van der Waals surface area contributed by atoms with Crippen LogP contribution in [0.5, 0.6) is 0 Å². The van der Waals surface area contributed by atoms with Gasteiger partial charge in [-0.1, -0.05) is 165 Å². The second-order valence-corrected chi connectivity index (χ2v) is 13.7. The number of hydrogen-bond acceptors (Lipinski definition) is 3. The molecule has 3 nitrogen and oxygen atoms in total. The van der Waals surface area contributed by atoms with Crippen LogP contribution in [0.4, 0.5) is 0 Å². The summed E-state index contributed by atoms with van der Waals surface area (Å²) in [7, 11) is 0. The molecule has 3 heteroatoms. The van der Waals surface area contributed by atoms with Crippen LogP contribution < -0.4 is 0 Å². The first-order valence-electron chi connectivity index (χ1n) is 18.1. The Balaban J connectivity index is 1.26. The van der Waals surface area contributed by atoms with Crippen LogP contribution in [-0.2, 0) is 5.41 Å². The van der Waals surface area contributed by atoms with Gasteiger partial charge in [0.1, 0.15) is 0 Å². The highest BCUT2D eigenvalue weighted by Crippen LogP contribution is 2.64. The molecule has 2 aliphatic carbocycles. The first-order valence-corrected chi connectivity index (χ1v) is 18.1. The van der Waals surface area contributed by atoms with Crippen molar-refractivity contribution in [3.8, 4) is 45.3 Å². The molecule has 1 unspecified atom stereocenters. The maximum atomic E-state index is 5.30. The van der Waals surface area contributed by atoms with Gasteiger partial charge in [0.25, 0.3) is 0 Å². The van der Waals surface area contributed by atoms with Gasteiger partial charge in [-0.3, -0.25) is 0 Å². The van der Waals surface area contributed by atoms with E-state index in [4.69, 9.17) is 15.0 Å². The van der Waals surface area contributed by atoms with Crippen molar-refractivity contribution >= 4 is 27.1 Å². The van der Waals surface area contributed by atoms with Crippen molar-refractivity contribution in [2.24, 2.45) is 0 Å². The Labute approximate surface area is 303 Å². The fraction of sp³-hybridized carbons (Fsp3) is 0.0816. The molecule has 2 aliphatic rings. The van der Waals surface area contributed by atoms with Gasteiger partial charge in [-0.05, 0) is 85.5 Å². The van der Waals surface area contributed by atoms with Gasteiger partial charge in [0.2, 0.25) is 0 Å². The fourth-order valence-corrected chi connectivity index (χ4v) is 8.92.